The molecule has 9 nitrogen and oxygen atoms in total. The second-order valence-electron chi connectivity index (χ2n) is 8.52. The molecule has 4 aromatic heterocycles. The summed E-state index contributed by atoms with van der Waals surface area (Å²) in [5, 5.41) is 0.261. The van der Waals surface area contributed by atoms with Crippen LogP contribution < -0.4 is 5.56 Å². The average Bonchev–Trinajstić information content (AvgIpc) is 3.26. The SMILES string of the molecule is Cc1ccn2c(CN3CCN(C(=O)c4c(C)oc5ncn(C)c(=O)c45)CC3)c(C)nc2c1. The standard InChI is InChI=1S/C23H26N6O3/c1-14-5-6-29-17(15(2)25-18(29)11-14)12-27-7-9-28(10-8-27)23(31)19-16(3)32-21-20(19)22(30)26(4)13-24-21/h5-6,11,13H,7-10,12H2,1-4H3. The van der Waals surface area contributed by atoms with Crippen molar-refractivity contribution < 1.29 is 9.21 Å². The van der Waals surface area contributed by atoms with Gasteiger partial charge in [-0.05, 0) is 38.5 Å². The highest BCUT2D eigenvalue weighted by atomic mass is 16.3. The molecule has 0 spiro atoms. The van der Waals surface area contributed by atoms with E-state index in [1.807, 2.05) is 6.92 Å². The lowest BCUT2D eigenvalue weighted by atomic mass is 10.1. The summed E-state index contributed by atoms with van der Waals surface area (Å²) in [5.74, 6) is 0.257. The van der Waals surface area contributed by atoms with Gasteiger partial charge < -0.3 is 18.3 Å². The molecule has 1 amide bonds. The molecule has 4 aromatic rings. The molecule has 0 aromatic carbocycles. The molecule has 0 saturated carbocycles. The Morgan fingerprint density at radius 3 is 2.66 bits per heavy atom. The van der Waals surface area contributed by atoms with Gasteiger partial charge in [0.25, 0.3) is 11.5 Å². The third-order valence-corrected chi connectivity index (χ3v) is 6.28. The molecule has 166 valence electrons. The first-order valence-corrected chi connectivity index (χ1v) is 10.7. The van der Waals surface area contributed by atoms with E-state index >= 15 is 0 Å². The number of piperazine rings is 1. The van der Waals surface area contributed by atoms with Crippen molar-refractivity contribution >= 4 is 22.7 Å². The maximum absolute atomic E-state index is 13.3. The molecule has 32 heavy (non-hydrogen) atoms. The van der Waals surface area contributed by atoms with Gasteiger partial charge in [0.15, 0.2) is 0 Å². The van der Waals surface area contributed by atoms with Gasteiger partial charge in [0.05, 0.1) is 17.0 Å². The van der Waals surface area contributed by atoms with Crippen LogP contribution in [0.15, 0.2) is 33.9 Å². The predicted molar refractivity (Wildman–Crippen MR) is 120 cm³/mol. The van der Waals surface area contributed by atoms with Crippen LogP contribution in [0.4, 0.5) is 0 Å². The Kier molecular flexibility index (Phi) is 4.85. The van der Waals surface area contributed by atoms with Gasteiger partial charge in [-0.3, -0.25) is 14.5 Å². The van der Waals surface area contributed by atoms with E-state index in [0.29, 0.717) is 24.4 Å². The molecule has 0 unspecified atom stereocenters. The Balaban J connectivity index is 1.34. The lowest BCUT2D eigenvalue weighted by molar-refractivity contribution is 0.0626. The van der Waals surface area contributed by atoms with Gasteiger partial charge in [0.2, 0.25) is 5.71 Å². The van der Waals surface area contributed by atoms with Crippen LogP contribution in [-0.2, 0) is 13.6 Å². The summed E-state index contributed by atoms with van der Waals surface area (Å²) >= 11 is 0. The number of pyridine rings is 1. The third-order valence-electron chi connectivity index (χ3n) is 6.28. The van der Waals surface area contributed by atoms with Crippen molar-refractivity contribution in [3.8, 4) is 0 Å². The van der Waals surface area contributed by atoms with Gasteiger partial charge in [0.1, 0.15) is 23.1 Å². The molecule has 1 aliphatic heterocycles. The van der Waals surface area contributed by atoms with E-state index in [-0.39, 0.29) is 22.6 Å². The molecule has 0 bridgehead atoms. The summed E-state index contributed by atoms with van der Waals surface area (Å²) < 4.78 is 9.12. The normalized spacial score (nSPS) is 15.2. The number of rotatable bonds is 3. The van der Waals surface area contributed by atoms with Crippen LogP contribution in [0.5, 0.6) is 0 Å². The zero-order valence-electron chi connectivity index (χ0n) is 18.8. The van der Waals surface area contributed by atoms with Crippen molar-refractivity contribution in [2.24, 2.45) is 7.05 Å². The highest BCUT2D eigenvalue weighted by Crippen LogP contribution is 2.23. The number of carbonyl (C=O) groups is 1. The zero-order chi connectivity index (χ0) is 22.6. The number of nitrogens with zero attached hydrogens (tertiary/aromatic N) is 6. The van der Waals surface area contributed by atoms with E-state index in [4.69, 9.17) is 9.40 Å². The Labute approximate surface area is 184 Å². The lowest BCUT2D eigenvalue weighted by Gasteiger charge is -2.34. The van der Waals surface area contributed by atoms with Crippen LogP contribution >= 0.6 is 0 Å². The molecule has 0 atom stereocenters. The van der Waals surface area contributed by atoms with Crippen molar-refractivity contribution in [2.75, 3.05) is 26.2 Å². The first kappa shape index (κ1) is 20.4. The molecule has 5 heterocycles. The molecule has 0 aliphatic carbocycles. The third kappa shape index (κ3) is 3.29. The fourth-order valence-electron chi connectivity index (χ4n) is 4.43. The maximum Gasteiger partial charge on any atom is 0.265 e. The van der Waals surface area contributed by atoms with Crippen molar-refractivity contribution in [2.45, 2.75) is 27.3 Å². The first-order valence-electron chi connectivity index (χ1n) is 10.7. The number of aryl methyl sites for hydroxylation is 4. The average molecular weight is 435 g/mol. The molecular weight excluding hydrogens is 408 g/mol. The Morgan fingerprint density at radius 1 is 1.16 bits per heavy atom. The fraction of sp³-hybridized carbons (Fsp3) is 0.391. The molecular formula is C23H26N6O3. The second-order valence-corrected chi connectivity index (χ2v) is 8.52. The number of furan rings is 1. The van der Waals surface area contributed by atoms with Crippen LogP contribution in [0.3, 0.4) is 0 Å². The van der Waals surface area contributed by atoms with Crippen LogP contribution in [0.25, 0.3) is 16.7 Å². The summed E-state index contributed by atoms with van der Waals surface area (Å²) in [4.78, 5) is 38.9. The molecule has 0 N–H and O–H groups in total. The van der Waals surface area contributed by atoms with E-state index in [1.165, 1.54) is 22.2 Å². The summed E-state index contributed by atoms with van der Waals surface area (Å²) in [6, 6.07) is 4.18. The van der Waals surface area contributed by atoms with Crippen LogP contribution in [0.2, 0.25) is 0 Å². The van der Waals surface area contributed by atoms with Gasteiger partial charge in [0, 0.05) is 46.0 Å². The van der Waals surface area contributed by atoms with Gasteiger partial charge in [-0.2, -0.15) is 0 Å². The van der Waals surface area contributed by atoms with Crippen molar-refractivity contribution in [3.63, 3.8) is 0 Å². The lowest BCUT2D eigenvalue weighted by Crippen LogP contribution is -2.48. The monoisotopic (exact) mass is 434 g/mol. The van der Waals surface area contributed by atoms with Gasteiger partial charge in [-0.15, -0.1) is 0 Å². The molecule has 9 heteroatoms. The zero-order valence-corrected chi connectivity index (χ0v) is 18.8. The van der Waals surface area contributed by atoms with E-state index in [0.717, 1.165) is 31.0 Å². The molecule has 0 radical (unpaired) electrons. The van der Waals surface area contributed by atoms with Crippen molar-refractivity contribution in [1.29, 1.82) is 0 Å². The quantitative estimate of drug-likeness (QED) is 0.490. The van der Waals surface area contributed by atoms with Gasteiger partial charge in [-0.1, -0.05) is 0 Å². The predicted octanol–water partition coefficient (Wildman–Crippen LogP) is 2.06. The largest absolute Gasteiger partial charge is 0.442 e. The maximum atomic E-state index is 13.3. The molecule has 1 aliphatic rings. The number of imidazole rings is 1. The number of aromatic nitrogens is 4. The summed E-state index contributed by atoms with van der Waals surface area (Å²) in [7, 11) is 1.62. The number of fused-ring (bicyclic) bond motifs is 2. The smallest absolute Gasteiger partial charge is 0.265 e. The Bertz CT molecular complexity index is 1400. The summed E-state index contributed by atoms with van der Waals surface area (Å²) in [5.41, 5.74) is 4.62. The highest BCUT2D eigenvalue weighted by molar-refractivity contribution is 6.06. The summed E-state index contributed by atoms with van der Waals surface area (Å²) in [6.45, 7) is 9.25. The number of hydrogen-bond acceptors (Lipinski definition) is 6. The minimum Gasteiger partial charge on any atom is -0.442 e. The molecule has 5 rings (SSSR count). The summed E-state index contributed by atoms with van der Waals surface area (Å²) in [6.07, 6.45) is 3.48. The van der Waals surface area contributed by atoms with Crippen molar-refractivity contribution in [3.05, 3.63) is 63.3 Å². The minimum atomic E-state index is -0.271. The second kappa shape index (κ2) is 7.59. The molecule has 1 fully saturated rings. The van der Waals surface area contributed by atoms with Crippen LogP contribution in [0.1, 0.15) is 33.1 Å². The minimum absolute atomic E-state index is 0.174. The van der Waals surface area contributed by atoms with E-state index in [2.05, 4.69) is 39.5 Å². The number of carbonyl (C=O) groups excluding carboxylic acids is 1. The highest BCUT2D eigenvalue weighted by Gasteiger charge is 2.29. The van der Waals surface area contributed by atoms with Gasteiger partial charge in [-0.25, -0.2) is 9.97 Å². The molecule has 1 saturated heterocycles. The Hall–Kier alpha value is -3.46. The van der Waals surface area contributed by atoms with Gasteiger partial charge >= 0.3 is 0 Å². The fourth-order valence-corrected chi connectivity index (χ4v) is 4.43. The van der Waals surface area contributed by atoms with E-state index in [9.17, 15) is 9.59 Å². The van der Waals surface area contributed by atoms with Crippen LogP contribution in [-0.4, -0.2) is 60.8 Å². The van der Waals surface area contributed by atoms with E-state index in [1.54, 1.807) is 18.9 Å². The number of hydrogen-bond donors (Lipinski definition) is 0. The van der Waals surface area contributed by atoms with Crippen LogP contribution in [0, 0.1) is 20.8 Å². The van der Waals surface area contributed by atoms with Crippen molar-refractivity contribution in [1.82, 2.24) is 28.7 Å². The number of amides is 1. The van der Waals surface area contributed by atoms with E-state index < -0.39 is 0 Å². The topological polar surface area (TPSA) is 88.9 Å². The first-order chi connectivity index (χ1) is 15.3. The Morgan fingerprint density at radius 2 is 1.91 bits per heavy atom.